The SMILES string of the molecule is c1ccc2c(c1)Oc1ccccc1C21c2ccccc2-c2ccc(Nc3ccc4oc5ccccc5c4c3)cc21. The van der Waals surface area contributed by atoms with Crippen molar-refractivity contribution >= 4 is 33.3 Å². The van der Waals surface area contributed by atoms with Gasteiger partial charge in [-0.05, 0) is 70.8 Å². The van der Waals surface area contributed by atoms with Crippen LogP contribution in [0.25, 0.3) is 33.1 Å². The van der Waals surface area contributed by atoms with Crippen molar-refractivity contribution < 1.29 is 9.15 Å². The van der Waals surface area contributed by atoms with Gasteiger partial charge in [-0.25, -0.2) is 0 Å². The van der Waals surface area contributed by atoms with Crippen molar-refractivity contribution in [2.24, 2.45) is 0 Å². The van der Waals surface area contributed by atoms with E-state index in [1.165, 1.54) is 33.4 Å². The van der Waals surface area contributed by atoms with Crippen molar-refractivity contribution in [3.63, 3.8) is 0 Å². The lowest BCUT2D eigenvalue weighted by atomic mass is 9.66. The first kappa shape index (κ1) is 21.6. The van der Waals surface area contributed by atoms with Crippen LogP contribution in [0.1, 0.15) is 22.3 Å². The Morgan fingerprint density at radius 1 is 0.450 bits per heavy atom. The summed E-state index contributed by atoms with van der Waals surface area (Å²) in [5.41, 5.74) is 10.8. The van der Waals surface area contributed by atoms with Crippen molar-refractivity contribution in [3.05, 3.63) is 156 Å². The van der Waals surface area contributed by atoms with E-state index >= 15 is 0 Å². The zero-order valence-corrected chi connectivity index (χ0v) is 21.5. The number of anilines is 2. The summed E-state index contributed by atoms with van der Waals surface area (Å²) < 4.78 is 12.5. The summed E-state index contributed by atoms with van der Waals surface area (Å²) in [6.07, 6.45) is 0. The molecule has 2 aliphatic rings. The highest BCUT2D eigenvalue weighted by Crippen LogP contribution is 2.62. The highest BCUT2D eigenvalue weighted by atomic mass is 16.5. The number of benzene rings is 6. The molecule has 1 aliphatic carbocycles. The maximum Gasteiger partial charge on any atom is 0.135 e. The van der Waals surface area contributed by atoms with Crippen molar-refractivity contribution in [1.82, 2.24) is 0 Å². The van der Waals surface area contributed by atoms with Gasteiger partial charge >= 0.3 is 0 Å². The fourth-order valence-corrected chi connectivity index (χ4v) is 6.90. The van der Waals surface area contributed by atoms with Gasteiger partial charge in [-0.3, -0.25) is 0 Å². The lowest BCUT2D eigenvalue weighted by Crippen LogP contribution is -2.32. The monoisotopic (exact) mass is 513 g/mol. The van der Waals surface area contributed by atoms with Gasteiger partial charge < -0.3 is 14.5 Å². The second-order valence-corrected chi connectivity index (χ2v) is 10.6. The summed E-state index contributed by atoms with van der Waals surface area (Å²) in [6, 6.07) is 47.0. The third-order valence-corrected chi connectivity index (χ3v) is 8.51. The molecule has 0 unspecified atom stereocenters. The predicted octanol–water partition coefficient (Wildman–Crippen LogP) is 9.80. The van der Waals surface area contributed by atoms with Crippen LogP contribution in [-0.4, -0.2) is 0 Å². The summed E-state index contributed by atoms with van der Waals surface area (Å²) in [4.78, 5) is 0. The number of fused-ring (bicyclic) bond motifs is 12. The van der Waals surface area contributed by atoms with E-state index < -0.39 is 5.41 Å². The zero-order chi connectivity index (χ0) is 26.3. The molecule has 6 aromatic carbocycles. The maximum absolute atomic E-state index is 6.46. The Labute approximate surface area is 231 Å². The summed E-state index contributed by atoms with van der Waals surface area (Å²) in [7, 11) is 0. The summed E-state index contributed by atoms with van der Waals surface area (Å²) >= 11 is 0. The fourth-order valence-electron chi connectivity index (χ4n) is 6.90. The Bertz CT molecular complexity index is 2090. The van der Waals surface area contributed by atoms with Crippen LogP contribution in [-0.2, 0) is 5.41 Å². The average molecular weight is 514 g/mol. The molecule has 1 aromatic heterocycles. The number of furan rings is 1. The van der Waals surface area contributed by atoms with Crippen LogP contribution >= 0.6 is 0 Å². The van der Waals surface area contributed by atoms with Crippen LogP contribution in [0.4, 0.5) is 11.4 Å². The van der Waals surface area contributed by atoms with E-state index in [2.05, 4.69) is 121 Å². The molecule has 9 rings (SSSR count). The first-order chi connectivity index (χ1) is 19.8. The second kappa shape index (κ2) is 7.87. The minimum absolute atomic E-state index is 0.472. The van der Waals surface area contributed by atoms with Gasteiger partial charge in [0.1, 0.15) is 22.7 Å². The standard InChI is InChI=1S/C37H23NO2/c1-3-11-29-25(9-1)26-19-17-24(38-23-18-20-34-28(21-23)27-10-2-6-14-33(27)39-34)22-32(26)37(29)30-12-4-7-15-35(30)40-36-16-8-5-13-31(36)37/h1-22,38H. The summed E-state index contributed by atoms with van der Waals surface area (Å²) in [6.45, 7) is 0. The van der Waals surface area contributed by atoms with Gasteiger partial charge in [-0.2, -0.15) is 0 Å². The lowest BCUT2D eigenvalue weighted by Gasteiger charge is -2.39. The molecule has 7 aromatic rings. The predicted molar refractivity (Wildman–Crippen MR) is 161 cm³/mol. The van der Waals surface area contributed by atoms with E-state index in [4.69, 9.17) is 9.15 Å². The van der Waals surface area contributed by atoms with Gasteiger partial charge in [-0.1, -0.05) is 84.9 Å². The summed E-state index contributed by atoms with van der Waals surface area (Å²) in [5.74, 6) is 1.80. The van der Waals surface area contributed by atoms with Crippen LogP contribution in [0.15, 0.2) is 138 Å². The smallest absolute Gasteiger partial charge is 0.135 e. The van der Waals surface area contributed by atoms with Crippen LogP contribution < -0.4 is 10.1 Å². The Balaban J connectivity index is 1.26. The third kappa shape index (κ3) is 2.79. The van der Waals surface area contributed by atoms with Gasteiger partial charge in [-0.15, -0.1) is 0 Å². The second-order valence-electron chi connectivity index (χ2n) is 10.6. The number of rotatable bonds is 2. The van der Waals surface area contributed by atoms with E-state index in [9.17, 15) is 0 Å². The number of hydrogen-bond donors (Lipinski definition) is 1. The molecule has 2 heterocycles. The van der Waals surface area contributed by atoms with E-state index in [1.54, 1.807) is 0 Å². The fraction of sp³-hybridized carbons (Fsp3) is 0.0270. The van der Waals surface area contributed by atoms with E-state index in [1.807, 2.05) is 18.2 Å². The van der Waals surface area contributed by atoms with Gasteiger partial charge in [0.05, 0.1) is 5.41 Å². The number of hydrogen-bond acceptors (Lipinski definition) is 3. The first-order valence-electron chi connectivity index (χ1n) is 13.6. The quantitative estimate of drug-likeness (QED) is 0.250. The molecule has 1 spiro atoms. The van der Waals surface area contributed by atoms with Gasteiger partial charge in [0, 0.05) is 33.3 Å². The molecule has 1 aliphatic heterocycles. The number of nitrogens with one attached hydrogen (secondary N) is 1. The molecule has 3 nitrogen and oxygen atoms in total. The van der Waals surface area contributed by atoms with Crippen molar-refractivity contribution in [2.75, 3.05) is 5.32 Å². The Hall–Kier alpha value is -5.28. The molecule has 0 saturated carbocycles. The molecule has 188 valence electrons. The molecule has 0 bridgehead atoms. The van der Waals surface area contributed by atoms with Crippen LogP contribution in [0.2, 0.25) is 0 Å². The number of para-hydroxylation sites is 3. The molecule has 0 saturated heterocycles. The van der Waals surface area contributed by atoms with Crippen molar-refractivity contribution in [3.8, 4) is 22.6 Å². The molecular weight excluding hydrogens is 490 g/mol. The van der Waals surface area contributed by atoms with Crippen LogP contribution in [0, 0.1) is 0 Å². The van der Waals surface area contributed by atoms with E-state index in [0.29, 0.717) is 0 Å². The maximum atomic E-state index is 6.46. The third-order valence-electron chi connectivity index (χ3n) is 8.51. The highest BCUT2D eigenvalue weighted by Gasteiger charge is 2.50. The van der Waals surface area contributed by atoms with Gasteiger partial charge in [0.25, 0.3) is 0 Å². The molecule has 0 atom stereocenters. The molecule has 40 heavy (non-hydrogen) atoms. The topological polar surface area (TPSA) is 34.4 Å². The molecule has 0 amide bonds. The van der Waals surface area contributed by atoms with E-state index in [-0.39, 0.29) is 0 Å². The largest absolute Gasteiger partial charge is 0.457 e. The Kier molecular flexibility index (Phi) is 4.26. The summed E-state index contributed by atoms with van der Waals surface area (Å²) in [5, 5.41) is 5.94. The first-order valence-corrected chi connectivity index (χ1v) is 13.6. The molecule has 0 fully saturated rings. The zero-order valence-electron chi connectivity index (χ0n) is 21.5. The molecule has 1 N–H and O–H groups in total. The van der Waals surface area contributed by atoms with Crippen molar-refractivity contribution in [2.45, 2.75) is 5.41 Å². The number of ether oxygens (including phenoxy) is 1. The molecule has 0 radical (unpaired) electrons. The normalized spacial score (nSPS) is 13.9. The average Bonchev–Trinajstić information content (AvgIpc) is 3.51. The lowest BCUT2D eigenvalue weighted by molar-refractivity contribution is 0.436. The van der Waals surface area contributed by atoms with Crippen LogP contribution in [0.3, 0.4) is 0 Å². The molecule has 3 heteroatoms. The van der Waals surface area contributed by atoms with Crippen molar-refractivity contribution in [1.29, 1.82) is 0 Å². The van der Waals surface area contributed by atoms with Gasteiger partial charge in [0.2, 0.25) is 0 Å². The highest BCUT2D eigenvalue weighted by molar-refractivity contribution is 6.06. The van der Waals surface area contributed by atoms with Gasteiger partial charge in [0.15, 0.2) is 0 Å². The van der Waals surface area contributed by atoms with Crippen LogP contribution in [0.5, 0.6) is 11.5 Å². The molecular formula is C37H23NO2. The Morgan fingerprint density at radius 2 is 1.05 bits per heavy atom. The minimum atomic E-state index is -0.472. The minimum Gasteiger partial charge on any atom is -0.457 e. The Morgan fingerprint density at radius 3 is 1.88 bits per heavy atom. The van der Waals surface area contributed by atoms with E-state index in [0.717, 1.165) is 44.8 Å².